The van der Waals surface area contributed by atoms with E-state index in [1.807, 2.05) is 13.8 Å². The van der Waals surface area contributed by atoms with Crippen LogP contribution in [0.25, 0.3) is 0 Å². The first-order valence-electron chi connectivity index (χ1n) is 5.85. The summed E-state index contributed by atoms with van der Waals surface area (Å²) in [6.07, 6.45) is 3.13. The molecule has 0 aromatic carbocycles. The van der Waals surface area contributed by atoms with Crippen LogP contribution in [0.5, 0.6) is 0 Å². The van der Waals surface area contributed by atoms with Gasteiger partial charge in [0.25, 0.3) is 0 Å². The van der Waals surface area contributed by atoms with Gasteiger partial charge in [0.15, 0.2) is 0 Å². The molecule has 0 radical (unpaired) electrons. The molecule has 0 aliphatic heterocycles. The molecule has 2 N–H and O–H groups in total. The number of hydrogen-bond acceptors (Lipinski definition) is 5. The lowest BCUT2D eigenvalue weighted by Crippen LogP contribution is -2.47. The zero-order valence-corrected chi connectivity index (χ0v) is 9.86. The number of aryl methyl sites for hydroxylation is 1. The molecule has 2 rings (SSSR count). The van der Waals surface area contributed by atoms with Gasteiger partial charge in [-0.05, 0) is 25.7 Å². The van der Waals surface area contributed by atoms with Crippen LogP contribution in [0.3, 0.4) is 0 Å². The van der Waals surface area contributed by atoms with Gasteiger partial charge < -0.3 is 14.8 Å². The first-order chi connectivity index (χ1) is 7.68. The van der Waals surface area contributed by atoms with E-state index < -0.39 is 0 Å². The number of rotatable bonds is 6. The third-order valence-electron chi connectivity index (χ3n) is 3.26. The molecule has 1 atom stereocenters. The minimum atomic E-state index is -0.207. The Morgan fingerprint density at radius 2 is 2.12 bits per heavy atom. The van der Waals surface area contributed by atoms with Gasteiger partial charge in [-0.2, -0.15) is 0 Å². The van der Waals surface area contributed by atoms with Gasteiger partial charge in [-0.1, -0.05) is 6.92 Å². The fourth-order valence-electron chi connectivity index (χ4n) is 1.83. The van der Waals surface area contributed by atoms with E-state index in [1.54, 1.807) is 0 Å². The van der Waals surface area contributed by atoms with Gasteiger partial charge in [-0.25, -0.2) is 0 Å². The zero-order chi connectivity index (χ0) is 11.6. The average Bonchev–Trinajstić information content (AvgIpc) is 3.06. The zero-order valence-electron chi connectivity index (χ0n) is 9.86. The maximum Gasteiger partial charge on any atom is 0.230 e. The average molecular weight is 225 g/mol. The smallest absolute Gasteiger partial charge is 0.230 e. The van der Waals surface area contributed by atoms with Crippen LogP contribution in [-0.2, 0) is 13.0 Å². The summed E-state index contributed by atoms with van der Waals surface area (Å²) in [6, 6.07) is 0. The minimum absolute atomic E-state index is 0.145. The van der Waals surface area contributed by atoms with Crippen molar-refractivity contribution >= 4 is 0 Å². The number of aromatic nitrogens is 2. The predicted octanol–water partition coefficient (Wildman–Crippen LogP) is 0.883. The summed E-state index contributed by atoms with van der Waals surface area (Å²) >= 11 is 0. The molecular weight excluding hydrogens is 206 g/mol. The van der Waals surface area contributed by atoms with Gasteiger partial charge in [0.05, 0.1) is 13.2 Å². The van der Waals surface area contributed by atoms with E-state index in [2.05, 4.69) is 15.5 Å². The maximum atomic E-state index is 9.40. The van der Waals surface area contributed by atoms with E-state index in [-0.39, 0.29) is 12.1 Å². The van der Waals surface area contributed by atoms with Crippen LogP contribution in [-0.4, -0.2) is 27.4 Å². The second-order valence-electron chi connectivity index (χ2n) is 4.65. The molecule has 5 heteroatoms. The number of nitrogens with zero attached hydrogens (tertiary/aromatic N) is 2. The summed E-state index contributed by atoms with van der Waals surface area (Å²) in [5, 5.41) is 20.6. The highest BCUT2D eigenvalue weighted by molar-refractivity contribution is 4.98. The normalized spacial score (nSPS) is 19.7. The number of aliphatic hydroxyl groups is 1. The summed E-state index contributed by atoms with van der Waals surface area (Å²) in [7, 11) is 0. The van der Waals surface area contributed by atoms with Gasteiger partial charge in [-0.15, -0.1) is 10.2 Å². The molecule has 1 aromatic heterocycles. The minimum Gasteiger partial charge on any atom is -0.424 e. The van der Waals surface area contributed by atoms with Crippen LogP contribution >= 0.6 is 0 Å². The lowest BCUT2D eigenvalue weighted by atomic mass is 9.97. The van der Waals surface area contributed by atoms with Crippen molar-refractivity contribution in [3.8, 4) is 0 Å². The first kappa shape index (κ1) is 11.5. The van der Waals surface area contributed by atoms with E-state index >= 15 is 0 Å². The standard InChI is InChI=1S/C11H19N3O2/c1-3-9-13-14-10(16-9)6-12-11(2,7-15)8-4-5-8/h8,12,15H,3-7H2,1-2H3/t11-/m0/s1. The molecule has 0 unspecified atom stereocenters. The summed E-state index contributed by atoms with van der Waals surface area (Å²) in [4.78, 5) is 0. The highest BCUT2D eigenvalue weighted by atomic mass is 16.4. The first-order valence-corrected chi connectivity index (χ1v) is 5.85. The van der Waals surface area contributed by atoms with E-state index in [0.717, 1.165) is 6.42 Å². The molecule has 0 bridgehead atoms. The highest BCUT2D eigenvalue weighted by Crippen LogP contribution is 2.39. The van der Waals surface area contributed by atoms with Crippen LogP contribution in [0.4, 0.5) is 0 Å². The van der Waals surface area contributed by atoms with Crippen molar-refractivity contribution in [3.05, 3.63) is 11.8 Å². The fraction of sp³-hybridized carbons (Fsp3) is 0.818. The van der Waals surface area contributed by atoms with Crippen LogP contribution in [0.1, 0.15) is 38.5 Å². The van der Waals surface area contributed by atoms with Crippen LogP contribution in [0.15, 0.2) is 4.42 Å². The third-order valence-corrected chi connectivity index (χ3v) is 3.26. The topological polar surface area (TPSA) is 71.2 Å². The molecule has 16 heavy (non-hydrogen) atoms. The Morgan fingerprint density at radius 3 is 2.62 bits per heavy atom. The predicted molar refractivity (Wildman–Crippen MR) is 58.7 cm³/mol. The van der Waals surface area contributed by atoms with Gasteiger partial charge >= 0.3 is 0 Å². The molecule has 1 aliphatic carbocycles. The van der Waals surface area contributed by atoms with Gasteiger partial charge in [-0.3, -0.25) is 0 Å². The highest BCUT2D eigenvalue weighted by Gasteiger charge is 2.40. The van der Waals surface area contributed by atoms with Crippen molar-refractivity contribution in [2.24, 2.45) is 5.92 Å². The van der Waals surface area contributed by atoms with Crippen molar-refractivity contribution in [3.63, 3.8) is 0 Å². The van der Waals surface area contributed by atoms with Crippen molar-refractivity contribution in [1.29, 1.82) is 0 Å². The Kier molecular flexibility index (Phi) is 3.25. The van der Waals surface area contributed by atoms with E-state index in [0.29, 0.717) is 24.2 Å². The van der Waals surface area contributed by atoms with E-state index in [1.165, 1.54) is 12.8 Å². The molecule has 1 saturated carbocycles. The number of hydrogen-bond donors (Lipinski definition) is 2. The van der Waals surface area contributed by atoms with Crippen molar-refractivity contribution in [1.82, 2.24) is 15.5 Å². The Bertz CT molecular complexity index is 349. The molecule has 1 aromatic rings. The van der Waals surface area contributed by atoms with Crippen molar-refractivity contribution < 1.29 is 9.52 Å². The lowest BCUT2D eigenvalue weighted by Gasteiger charge is -2.28. The lowest BCUT2D eigenvalue weighted by molar-refractivity contribution is 0.150. The Balaban J connectivity index is 1.90. The van der Waals surface area contributed by atoms with Gasteiger partial charge in [0.1, 0.15) is 0 Å². The van der Waals surface area contributed by atoms with Gasteiger partial charge in [0.2, 0.25) is 11.8 Å². The van der Waals surface area contributed by atoms with Crippen LogP contribution in [0.2, 0.25) is 0 Å². The third kappa shape index (κ3) is 2.41. The quantitative estimate of drug-likeness (QED) is 0.752. The summed E-state index contributed by atoms with van der Waals surface area (Å²) in [5.41, 5.74) is -0.207. The van der Waals surface area contributed by atoms with Crippen LogP contribution in [0, 0.1) is 5.92 Å². The Hall–Kier alpha value is -0.940. The molecule has 90 valence electrons. The number of nitrogens with one attached hydrogen (secondary N) is 1. The molecule has 0 amide bonds. The van der Waals surface area contributed by atoms with Crippen LogP contribution < -0.4 is 5.32 Å². The number of aliphatic hydroxyl groups excluding tert-OH is 1. The monoisotopic (exact) mass is 225 g/mol. The molecule has 0 saturated heterocycles. The Morgan fingerprint density at radius 1 is 1.44 bits per heavy atom. The Labute approximate surface area is 95.3 Å². The molecule has 5 nitrogen and oxygen atoms in total. The fourth-order valence-corrected chi connectivity index (χ4v) is 1.83. The molecular formula is C11H19N3O2. The van der Waals surface area contributed by atoms with Crippen molar-refractivity contribution in [2.45, 2.75) is 45.2 Å². The molecule has 1 aliphatic rings. The van der Waals surface area contributed by atoms with E-state index in [4.69, 9.17) is 4.42 Å². The summed E-state index contributed by atoms with van der Waals surface area (Å²) in [6.45, 7) is 4.70. The second kappa shape index (κ2) is 4.51. The molecule has 1 fully saturated rings. The van der Waals surface area contributed by atoms with E-state index in [9.17, 15) is 5.11 Å². The second-order valence-corrected chi connectivity index (χ2v) is 4.65. The SMILES string of the molecule is CCc1nnc(CN[C@@](C)(CO)C2CC2)o1. The maximum absolute atomic E-state index is 9.40. The largest absolute Gasteiger partial charge is 0.424 e. The van der Waals surface area contributed by atoms with Crippen molar-refractivity contribution in [2.75, 3.05) is 6.61 Å². The molecule has 0 spiro atoms. The summed E-state index contributed by atoms with van der Waals surface area (Å²) in [5.74, 6) is 1.83. The van der Waals surface area contributed by atoms with Gasteiger partial charge in [0, 0.05) is 12.0 Å². The summed E-state index contributed by atoms with van der Waals surface area (Å²) < 4.78 is 5.41. The molecule has 1 heterocycles.